The molecule has 0 fully saturated rings. The molecule has 0 aromatic heterocycles. The van der Waals surface area contributed by atoms with E-state index in [9.17, 15) is 10.1 Å². The van der Waals surface area contributed by atoms with E-state index in [0.29, 0.717) is 0 Å². The van der Waals surface area contributed by atoms with Gasteiger partial charge >= 0.3 is 0 Å². The minimum atomic E-state index is -0.318. The number of nitro benzene ring substituents is 1. The van der Waals surface area contributed by atoms with E-state index in [-0.39, 0.29) is 16.5 Å². The third-order valence-corrected chi connectivity index (χ3v) is 2.51. The largest absolute Gasteiger partial charge is 0.273 e. The summed E-state index contributed by atoms with van der Waals surface area (Å²) in [5, 5.41) is 10.8. The van der Waals surface area contributed by atoms with Crippen molar-refractivity contribution in [2.75, 3.05) is 0 Å². The maximum atomic E-state index is 10.8. The van der Waals surface area contributed by atoms with E-state index >= 15 is 0 Å². The highest BCUT2D eigenvalue weighted by Gasteiger charge is 2.19. The van der Waals surface area contributed by atoms with E-state index < -0.39 is 0 Å². The van der Waals surface area contributed by atoms with E-state index in [0.717, 1.165) is 12.0 Å². The highest BCUT2D eigenvalue weighted by Crippen LogP contribution is 2.31. The maximum absolute atomic E-state index is 10.8. The van der Waals surface area contributed by atoms with Crippen molar-refractivity contribution < 1.29 is 4.92 Å². The summed E-state index contributed by atoms with van der Waals surface area (Å²) in [5.41, 5.74) is 1.01. The third-order valence-electron chi connectivity index (χ3n) is 2.51. The SMILES string of the molecule is O=[N+]([O-])c1ccccc1C1C=CC=CC1. The van der Waals surface area contributed by atoms with Crippen LogP contribution in [0.15, 0.2) is 48.6 Å². The fraction of sp³-hybridized carbons (Fsp3) is 0.167. The zero-order valence-electron chi connectivity index (χ0n) is 8.17. The van der Waals surface area contributed by atoms with E-state index in [1.54, 1.807) is 12.1 Å². The van der Waals surface area contributed by atoms with Crippen molar-refractivity contribution in [2.24, 2.45) is 0 Å². The standard InChI is InChI=1S/C12H11NO2/c14-13(15)12-9-5-4-8-11(12)10-6-2-1-3-7-10/h1-6,8-10H,7H2. The van der Waals surface area contributed by atoms with Crippen molar-refractivity contribution >= 4 is 5.69 Å². The van der Waals surface area contributed by atoms with Crippen LogP contribution in [0.25, 0.3) is 0 Å². The summed E-state index contributed by atoms with van der Waals surface area (Å²) in [6.45, 7) is 0. The zero-order chi connectivity index (χ0) is 10.7. The van der Waals surface area contributed by atoms with Crippen molar-refractivity contribution in [2.45, 2.75) is 12.3 Å². The molecule has 0 spiro atoms. The van der Waals surface area contributed by atoms with Gasteiger partial charge in [0.2, 0.25) is 0 Å². The number of hydrogen-bond acceptors (Lipinski definition) is 2. The predicted molar refractivity (Wildman–Crippen MR) is 58.7 cm³/mol. The highest BCUT2D eigenvalue weighted by atomic mass is 16.6. The molecule has 1 aliphatic carbocycles. The lowest BCUT2D eigenvalue weighted by molar-refractivity contribution is -0.385. The number of nitro groups is 1. The molecule has 0 amide bonds. The number of hydrogen-bond donors (Lipinski definition) is 0. The quantitative estimate of drug-likeness (QED) is 0.544. The Hall–Kier alpha value is -1.90. The third kappa shape index (κ3) is 1.96. The van der Waals surface area contributed by atoms with Crippen LogP contribution in [0, 0.1) is 10.1 Å². The van der Waals surface area contributed by atoms with Gasteiger partial charge in [-0.25, -0.2) is 0 Å². The lowest BCUT2D eigenvalue weighted by Gasteiger charge is -2.12. The van der Waals surface area contributed by atoms with Crippen LogP contribution in [-0.2, 0) is 0 Å². The number of nitrogens with zero attached hydrogens (tertiary/aromatic N) is 1. The van der Waals surface area contributed by atoms with Crippen LogP contribution in [0.3, 0.4) is 0 Å². The van der Waals surface area contributed by atoms with Gasteiger partial charge in [-0.15, -0.1) is 0 Å². The molecule has 0 heterocycles. The van der Waals surface area contributed by atoms with Crippen molar-refractivity contribution in [3.63, 3.8) is 0 Å². The van der Waals surface area contributed by atoms with Gasteiger partial charge in [0, 0.05) is 17.5 Å². The molecule has 0 radical (unpaired) electrons. The first kappa shape index (κ1) is 9.65. The summed E-state index contributed by atoms with van der Waals surface area (Å²) in [7, 11) is 0. The molecule has 3 nitrogen and oxygen atoms in total. The Morgan fingerprint density at radius 3 is 2.73 bits per heavy atom. The van der Waals surface area contributed by atoms with E-state index in [4.69, 9.17) is 0 Å². The molecule has 2 rings (SSSR count). The molecule has 0 saturated heterocycles. The average Bonchev–Trinajstić information content (AvgIpc) is 2.30. The molecule has 1 aromatic rings. The second kappa shape index (κ2) is 4.09. The Morgan fingerprint density at radius 2 is 2.07 bits per heavy atom. The van der Waals surface area contributed by atoms with Gasteiger partial charge in [0.1, 0.15) is 0 Å². The van der Waals surface area contributed by atoms with Crippen molar-refractivity contribution in [1.82, 2.24) is 0 Å². The lowest BCUT2D eigenvalue weighted by atomic mass is 9.91. The van der Waals surface area contributed by atoms with Gasteiger partial charge in [0.15, 0.2) is 0 Å². The molecule has 3 heteroatoms. The van der Waals surface area contributed by atoms with Crippen LogP contribution in [0.5, 0.6) is 0 Å². The van der Waals surface area contributed by atoms with Gasteiger partial charge in [-0.2, -0.15) is 0 Å². The summed E-state index contributed by atoms with van der Waals surface area (Å²) in [5.74, 6) is 0.136. The number of benzene rings is 1. The first-order valence-corrected chi connectivity index (χ1v) is 4.85. The maximum Gasteiger partial charge on any atom is 0.273 e. The van der Waals surface area contributed by atoms with Crippen LogP contribution in [0.2, 0.25) is 0 Å². The number of allylic oxidation sites excluding steroid dienone is 4. The van der Waals surface area contributed by atoms with Gasteiger partial charge < -0.3 is 0 Å². The summed E-state index contributed by atoms with van der Waals surface area (Å²) in [6, 6.07) is 6.92. The smallest absolute Gasteiger partial charge is 0.258 e. The molecule has 0 aliphatic heterocycles. The molecular formula is C12H11NO2. The van der Waals surface area contributed by atoms with Crippen LogP contribution in [0.4, 0.5) is 5.69 Å². The van der Waals surface area contributed by atoms with Crippen molar-refractivity contribution in [3.05, 3.63) is 64.2 Å². The molecule has 0 N–H and O–H groups in total. The van der Waals surface area contributed by atoms with Gasteiger partial charge in [0.25, 0.3) is 5.69 Å². The lowest BCUT2D eigenvalue weighted by Crippen LogP contribution is -2.01. The van der Waals surface area contributed by atoms with Gasteiger partial charge in [-0.1, -0.05) is 42.5 Å². The molecule has 0 bridgehead atoms. The normalized spacial score (nSPS) is 19.1. The Bertz CT molecular complexity index is 435. The number of rotatable bonds is 2. The van der Waals surface area contributed by atoms with Crippen molar-refractivity contribution in [1.29, 1.82) is 0 Å². The summed E-state index contributed by atoms with van der Waals surface area (Å²) < 4.78 is 0. The van der Waals surface area contributed by atoms with Crippen LogP contribution in [0.1, 0.15) is 17.9 Å². The summed E-state index contributed by atoms with van der Waals surface area (Å²) >= 11 is 0. The zero-order valence-corrected chi connectivity index (χ0v) is 8.17. The molecule has 76 valence electrons. The molecule has 1 unspecified atom stereocenters. The van der Waals surface area contributed by atoms with E-state index in [2.05, 4.69) is 0 Å². The molecule has 1 atom stereocenters. The summed E-state index contributed by atoms with van der Waals surface area (Å²) in [6.07, 6.45) is 8.77. The van der Waals surface area contributed by atoms with E-state index in [1.165, 1.54) is 0 Å². The molecule has 1 aliphatic rings. The Kier molecular flexibility index (Phi) is 2.63. The Morgan fingerprint density at radius 1 is 1.27 bits per heavy atom. The highest BCUT2D eigenvalue weighted by molar-refractivity contribution is 5.45. The molecule has 15 heavy (non-hydrogen) atoms. The monoisotopic (exact) mass is 201 g/mol. The van der Waals surface area contributed by atoms with Crippen LogP contribution >= 0.6 is 0 Å². The molecule has 0 saturated carbocycles. The fourth-order valence-electron chi connectivity index (χ4n) is 1.78. The average molecular weight is 201 g/mol. The minimum absolute atomic E-state index is 0.136. The summed E-state index contributed by atoms with van der Waals surface area (Å²) in [4.78, 5) is 10.5. The molecular weight excluding hydrogens is 190 g/mol. The van der Waals surface area contributed by atoms with Crippen LogP contribution in [-0.4, -0.2) is 4.92 Å². The Labute approximate surface area is 87.9 Å². The first-order valence-electron chi connectivity index (χ1n) is 4.85. The van der Waals surface area contributed by atoms with Gasteiger partial charge in [-0.3, -0.25) is 10.1 Å². The Balaban J connectivity index is 2.39. The van der Waals surface area contributed by atoms with Crippen molar-refractivity contribution in [3.8, 4) is 0 Å². The van der Waals surface area contributed by atoms with Gasteiger partial charge in [-0.05, 0) is 6.42 Å². The minimum Gasteiger partial charge on any atom is -0.258 e. The molecule has 1 aromatic carbocycles. The topological polar surface area (TPSA) is 43.1 Å². The number of para-hydroxylation sites is 1. The van der Waals surface area contributed by atoms with Crippen LogP contribution < -0.4 is 0 Å². The first-order chi connectivity index (χ1) is 7.29. The van der Waals surface area contributed by atoms with Gasteiger partial charge in [0.05, 0.1) is 4.92 Å². The van der Waals surface area contributed by atoms with E-state index in [1.807, 2.05) is 36.4 Å². The fourth-order valence-corrected chi connectivity index (χ4v) is 1.78. The second-order valence-electron chi connectivity index (χ2n) is 3.47. The predicted octanol–water partition coefficient (Wildman–Crippen LogP) is 3.19. The second-order valence-corrected chi connectivity index (χ2v) is 3.47.